The highest BCUT2D eigenvalue weighted by atomic mass is 35.5. The van der Waals surface area contributed by atoms with Crippen molar-refractivity contribution in [3.8, 4) is 0 Å². The number of benzene rings is 1. The Bertz CT molecular complexity index is 496. The number of Topliss-reactive ketones (excluding diaryl/α,β-unsaturated/α-hetero) is 1. The van der Waals surface area contributed by atoms with Crippen LogP contribution in [0.3, 0.4) is 0 Å². The fourth-order valence-corrected chi connectivity index (χ4v) is 2.87. The fraction of sp³-hybridized carbons (Fsp3) is 0.429. The van der Waals surface area contributed by atoms with Gasteiger partial charge in [0, 0.05) is 25.4 Å². The molecule has 1 unspecified atom stereocenters. The summed E-state index contributed by atoms with van der Waals surface area (Å²) in [6.07, 6.45) is 1.16. The molecule has 1 aliphatic rings. The molecular formula is C14H15Cl2NO2. The van der Waals surface area contributed by atoms with Crippen LogP contribution in [0.2, 0.25) is 10.0 Å². The average molecular weight is 300 g/mol. The Morgan fingerprint density at radius 2 is 2.00 bits per heavy atom. The van der Waals surface area contributed by atoms with E-state index in [0.717, 1.165) is 6.42 Å². The highest BCUT2D eigenvalue weighted by molar-refractivity contribution is 6.39. The molecule has 0 spiro atoms. The van der Waals surface area contributed by atoms with Crippen molar-refractivity contribution in [3.05, 3.63) is 33.8 Å². The number of rotatable bonds is 2. The summed E-state index contributed by atoms with van der Waals surface area (Å²) < 4.78 is 0. The van der Waals surface area contributed by atoms with E-state index in [0.29, 0.717) is 35.1 Å². The van der Waals surface area contributed by atoms with E-state index in [4.69, 9.17) is 23.2 Å². The Morgan fingerprint density at radius 1 is 1.37 bits per heavy atom. The first-order valence-corrected chi connectivity index (χ1v) is 7.06. The van der Waals surface area contributed by atoms with Crippen LogP contribution < -0.4 is 0 Å². The number of hydrogen-bond donors (Lipinski definition) is 0. The Labute approximate surface area is 122 Å². The molecule has 1 atom stereocenters. The fourth-order valence-electron chi connectivity index (χ4n) is 2.31. The van der Waals surface area contributed by atoms with Crippen LogP contribution >= 0.6 is 23.2 Å². The molecule has 0 radical (unpaired) electrons. The number of ketones is 1. The van der Waals surface area contributed by atoms with Crippen LogP contribution in [0.15, 0.2) is 18.2 Å². The third-order valence-electron chi connectivity index (χ3n) is 3.48. The molecule has 0 aliphatic carbocycles. The van der Waals surface area contributed by atoms with Gasteiger partial charge in [-0.2, -0.15) is 0 Å². The second-order valence-corrected chi connectivity index (χ2v) is 5.48. The average Bonchev–Trinajstić information content (AvgIpc) is 2.39. The topological polar surface area (TPSA) is 37.4 Å². The van der Waals surface area contributed by atoms with Crippen LogP contribution in [0.25, 0.3) is 0 Å². The molecule has 1 aromatic carbocycles. The number of carbonyl (C=O) groups is 2. The van der Waals surface area contributed by atoms with Crippen molar-refractivity contribution >= 4 is 34.9 Å². The van der Waals surface area contributed by atoms with Gasteiger partial charge in [0.05, 0.1) is 15.6 Å². The van der Waals surface area contributed by atoms with Gasteiger partial charge in [-0.05, 0) is 18.6 Å². The van der Waals surface area contributed by atoms with Crippen molar-refractivity contribution in [2.24, 2.45) is 5.92 Å². The van der Waals surface area contributed by atoms with Crippen molar-refractivity contribution < 1.29 is 9.59 Å². The number of halogens is 2. The van der Waals surface area contributed by atoms with Gasteiger partial charge in [-0.15, -0.1) is 0 Å². The van der Waals surface area contributed by atoms with Crippen LogP contribution in [0, 0.1) is 5.92 Å². The molecule has 1 fully saturated rings. The van der Waals surface area contributed by atoms with Gasteiger partial charge >= 0.3 is 0 Å². The lowest BCUT2D eigenvalue weighted by atomic mass is 9.93. The molecular weight excluding hydrogens is 285 g/mol. The maximum absolute atomic E-state index is 12.5. The molecule has 5 heteroatoms. The molecule has 0 saturated carbocycles. The van der Waals surface area contributed by atoms with Crippen molar-refractivity contribution in [1.82, 2.24) is 4.90 Å². The molecule has 1 amide bonds. The minimum atomic E-state index is -0.193. The maximum atomic E-state index is 12.5. The van der Waals surface area contributed by atoms with Crippen LogP contribution in [0.1, 0.15) is 30.1 Å². The Morgan fingerprint density at radius 3 is 2.58 bits per heavy atom. The third-order valence-corrected chi connectivity index (χ3v) is 4.11. The van der Waals surface area contributed by atoms with Crippen LogP contribution in [-0.4, -0.2) is 29.7 Å². The highest BCUT2D eigenvalue weighted by Crippen LogP contribution is 2.27. The molecule has 19 heavy (non-hydrogen) atoms. The molecule has 1 aromatic rings. The maximum Gasteiger partial charge on any atom is 0.256 e. The van der Waals surface area contributed by atoms with Crippen molar-refractivity contribution in [2.75, 3.05) is 13.1 Å². The summed E-state index contributed by atoms with van der Waals surface area (Å²) in [6.45, 7) is 2.85. The lowest BCUT2D eigenvalue weighted by molar-refractivity contribution is -0.125. The summed E-state index contributed by atoms with van der Waals surface area (Å²) in [6, 6.07) is 5.00. The number of carbonyl (C=O) groups excluding carboxylic acids is 2. The molecule has 1 heterocycles. The van der Waals surface area contributed by atoms with E-state index >= 15 is 0 Å². The summed E-state index contributed by atoms with van der Waals surface area (Å²) in [5, 5.41) is 0.699. The van der Waals surface area contributed by atoms with Crippen LogP contribution in [0.4, 0.5) is 0 Å². The van der Waals surface area contributed by atoms with Crippen molar-refractivity contribution in [1.29, 1.82) is 0 Å². The van der Waals surface area contributed by atoms with Crippen LogP contribution in [-0.2, 0) is 4.79 Å². The summed E-state index contributed by atoms with van der Waals surface area (Å²) in [5.41, 5.74) is 0.329. The Kier molecular flexibility index (Phi) is 4.48. The molecule has 3 nitrogen and oxygen atoms in total. The highest BCUT2D eigenvalue weighted by Gasteiger charge is 2.30. The molecule has 102 valence electrons. The summed E-state index contributed by atoms with van der Waals surface area (Å²) in [5.74, 6) is -0.0303. The standard InChI is InChI=1S/C14H15Cl2NO2/c1-2-9-8-17(7-6-12(9)18)14(19)13-10(15)4-3-5-11(13)16/h3-5,9H,2,6-8H2,1H3. The number of piperidine rings is 1. The zero-order chi connectivity index (χ0) is 14.0. The van der Waals surface area contributed by atoms with E-state index in [1.807, 2.05) is 6.92 Å². The first-order chi connectivity index (χ1) is 9.04. The van der Waals surface area contributed by atoms with E-state index in [-0.39, 0.29) is 17.6 Å². The van der Waals surface area contributed by atoms with Gasteiger partial charge in [-0.25, -0.2) is 0 Å². The second-order valence-electron chi connectivity index (χ2n) is 4.67. The summed E-state index contributed by atoms with van der Waals surface area (Å²) >= 11 is 12.1. The molecule has 1 aliphatic heterocycles. The van der Waals surface area contributed by atoms with E-state index in [2.05, 4.69) is 0 Å². The van der Waals surface area contributed by atoms with Crippen molar-refractivity contribution in [2.45, 2.75) is 19.8 Å². The van der Waals surface area contributed by atoms with Gasteiger partial charge in [0.2, 0.25) is 0 Å². The number of amides is 1. The van der Waals surface area contributed by atoms with Gasteiger partial charge < -0.3 is 4.90 Å². The Balaban J connectivity index is 2.23. The van der Waals surface area contributed by atoms with E-state index in [1.54, 1.807) is 23.1 Å². The van der Waals surface area contributed by atoms with E-state index in [1.165, 1.54) is 0 Å². The first-order valence-electron chi connectivity index (χ1n) is 6.30. The molecule has 2 rings (SSSR count). The number of likely N-dealkylation sites (tertiary alicyclic amines) is 1. The zero-order valence-electron chi connectivity index (χ0n) is 10.7. The summed E-state index contributed by atoms with van der Waals surface area (Å²) in [7, 11) is 0. The predicted octanol–water partition coefficient (Wildman–Crippen LogP) is 3.43. The minimum Gasteiger partial charge on any atom is -0.337 e. The number of nitrogens with zero attached hydrogens (tertiary/aromatic N) is 1. The summed E-state index contributed by atoms with van der Waals surface area (Å²) in [4.78, 5) is 25.8. The smallest absolute Gasteiger partial charge is 0.256 e. The quantitative estimate of drug-likeness (QED) is 0.839. The first kappa shape index (κ1) is 14.4. The third kappa shape index (κ3) is 2.93. The molecule has 0 aromatic heterocycles. The zero-order valence-corrected chi connectivity index (χ0v) is 12.2. The molecule has 0 N–H and O–H groups in total. The SMILES string of the molecule is CCC1CN(C(=O)c2c(Cl)cccc2Cl)CCC1=O. The largest absolute Gasteiger partial charge is 0.337 e. The molecule has 0 bridgehead atoms. The lowest BCUT2D eigenvalue weighted by Gasteiger charge is -2.31. The monoisotopic (exact) mass is 299 g/mol. The van der Waals surface area contributed by atoms with Gasteiger partial charge in [0.25, 0.3) is 5.91 Å². The second kappa shape index (κ2) is 5.93. The van der Waals surface area contributed by atoms with Gasteiger partial charge in [-0.1, -0.05) is 36.2 Å². The van der Waals surface area contributed by atoms with Gasteiger partial charge in [0.1, 0.15) is 5.78 Å². The van der Waals surface area contributed by atoms with Crippen molar-refractivity contribution in [3.63, 3.8) is 0 Å². The predicted molar refractivity (Wildman–Crippen MR) is 75.8 cm³/mol. The van der Waals surface area contributed by atoms with Gasteiger partial charge in [-0.3, -0.25) is 9.59 Å². The Hall–Kier alpha value is -1.06. The van der Waals surface area contributed by atoms with E-state index in [9.17, 15) is 9.59 Å². The molecule has 1 saturated heterocycles. The lowest BCUT2D eigenvalue weighted by Crippen LogP contribution is -2.44. The van der Waals surface area contributed by atoms with Gasteiger partial charge in [0.15, 0.2) is 0 Å². The van der Waals surface area contributed by atoms with Crippen LogP contribution in [0.5, 0.6) is 0 Å². The minimum absolute atomic E-state index is 0.0704. The normalized spacial score (nSPS) is 19.6. The van der Waals surface area contributed by atoms with E-state index < -0.39 is 0 Å². The number of hydrogen-bond acceptors (Lipinski definition) is 2.